The first-order valence-corrected chi connectivity index (χ1v) is 9.74. The lowest BCUT2D eigenvalue weighted by Gasteiger charge is -2.28. The molecule has 5 heteroatoms. The van der Waals surface area contributed by atoms with Gasteiger partial charge >= 0.3 is 5.97 Å². The topological polar surface area (TPSA) is 52.6 Å². The van der Waals surface area contributed by atoms with Gasteiger partial charge in [0, 0.05) is 5.92 Å². The van der Waals surface area contributed by atoms with Gasteiger partial charge < -0.3 is 9.47 Å². The van der Waals surface area contributed by atoms with Gasteiger partial charge in [-0.1, -0.05) is 12.1 Å². The van der Waals surface area contributed by atoms with Gasteiger partial charge in [-0.3, -0.25) is 9.59 Å². The van der Waals surface area contributed by atoms with Crippen LogP contribution in [0.15, 0.2) is 47.2 Å². The van der Waals surface area contributed by atoms with Crippen LogP contribution in [-0.4, -0.2) is 25.0 Å². The molecule has 0 saturated carbocycles. The highest BCUT2D eigenvalue weighted by Crippen LogP contribution is 2.41. The standard InChI is InChI=1S/C21H22O4S/c1-3-24-17-7-5-14(6-8-17)16-11-18(15-9-10-26-13-15)20(19(22)12-16)21(23)25-4-2/h5-10,12-13,18,20H,3-4,11H2,1-2H3. The average molecular weight is 370 g/mol. The zero-order chi connectivity index (χ0) is 18.5. The number of allylic oxidation sites excluding steroid dienone is 2. The summed E-state index contributed by atoms with van der Waals surface area (Å²) in [4.78, 5) is 25.2. The van der Waals surface area contributed by atoms with Crippen LogP contribution in [0.5, 0.6) is 5.75 Å². The summed E-state index contributed by atoms with van der Waals surface area (Å²) in [6.07, 6.45) is 2.22. The SMILES string of the molecule is CCOC(=O)C1C(=O)C=C(c2ccc(OCC)cc2)CC1c1ccsc1. The molecular weight excluding hydrogens is 348 g/mol. The zero-order valence-corrected chi connectivity index (χ0v) is 15.8. The van der Waals surface area contributed by atoms with E-state index in [-0.39, 0.29) is 18.3 Å². The molecule has 0 bridgehead atoms. The maximum Gasteiger partial charge on any atom is 0.317 e. The molecule has 2 aromatic rings. The Morgan fingerprint density at radius 3 is 2.54 bits per heavy atom. The third kappa shape index (κ3) is 3.88. The molecule has 0 fully saturated rings. The lowest BCUT2D eigenvalue weighted by atomic mass is 9.74. The Hall–Kier alpha value is -2.40. The van der Waals surface area contributed by atoms with Gasteiger partial charge in [0.25, 0.3) is 0 Å². The number of ketones is 1. The number of carbonyl (C=O) groups is 2. The highest BCUT2D eigenvalue weighted by atomic mass is 32.1. The van der Waals surface area contributed by atoms with Gasteiger partial charge in [-0.25, -0.2) is 0 Å². The van der Waals surface area contributed by atoms with E-state index in [4.69, 9.17) is 9.47 Å². The number of rotatable bonds is 6. The molecule has 0 N–H and O–H groups in total. The number of benzene rings is 1. The van der Waals surface area contributed by atoms with E-state index >= 15 is 0 Å². The fraction of sp³-hybridized carbons (Fsp3) is 0.333. The molecule has 0 saturated heterocycles. The Balaban J connectivity index is 1.92. The molecule has 4 nitrogen and oxygen atoms in total. The molecule has 26 heavy (non-hydrogen) atoms. The second-order valence-corrected chi connectivity index (χ2v) is 6.91. The molecule has 2 atom stereocenters. The van der Waals surface area contributed by atoms with E-state index in [1.165, 1.54) is 0 Å². The minimum absolute atomic E-state index is 0.185. The molecule has 1 aromatic heterocycles. The molecule has 0 radical (unpaired) electrons. The first-order valence-electron chi connectivity index (χ1n) is 8.80. The van der Waals surface area contributed by atoms with E-state index in [1.807, 2.05) is 48.0 Å². The Kier molecular flexibility index (Phi) is 5.89. The molecule has 3 rings (SSSR count). The second kappa shape index (κ2) is 8.32. The summed E-state index contributed by atoms with van der Waals surface area (Å²) in [6, 6.07) is 9.71. The van der Waals surface area contributed by atoms with Crippen molar-refractivity contribution in [2.45, 2.75) is 26.2 Å². The van der Waals surface area contributed by atoms with E-state index < -0.39 is 11.9 Å². The summed E-state index contributed by atoms with van der Waals surface area (Å²) in [5.41, 5.74) is 2.93. The van der Waals surface area contributed by atoms with Crippen LogP contribution in [-0.2, 0) is 14.3 Å². The fourth-order valence-corrected chi connectivity index (χ4v) is 4.04. The smallest absolute Gasteiger partial charge is 0.317 e. The summed E-state index contributed by atoms with van der Waals surface area (Å²) >= 11 is 1.57. The van der Waals surface area contributed by atoms with Crippen LogP contribution in [0.25, 0.3) is 5.57 Å². The van der Waals surface area contributed by atoms with Crippen molar-refractivity contribution < 1.29 is 19.1 Å². The summed E-state index contributed by atoms with van der Waals surface area (Å²) in [7, 11) is 0. The van der Waals surface area contributed by atoms with E-state index in [0.717, 1.165) is 22.4 Å². The largest absolute Gasteiger partial charge is 0.494 e. The van der Waals surface area contributed by atoms with Gasteiger partial charge in [0.05, 0.1) is 13.2 Å². The summed E-state index contributed by atoms with van der Waals surface area (Å²) in [6.45, 7) is 4.58. The Morgan fingerprint density at radius 1 is 1.15 bits per heavy atom. The molecule has 0 spiro atoms. The van der Waals surface area contributed by atoms with Crippen molar-refractivity contribution in [3.05, 3.63) is 58.3 Å². The maximum atomic E-state index is 12.8. The second-order valence-electron chi connectivity index (χ2n) is 6.13. The summed E-state index contributed by atoms with van der Waals surface area (Å²) in [5.74, 6) is -0.779. The number of carbonyl (C=O) groups excluding carboxylic acids is 2. The van der Waals surface area contributed by atoms with Gasteiger partial charge in [-0.2, -0.15) is 11.3 Å². The average Bonchev–Trinajstić information content (AvgIpc) is 3.16. The lowest BCUT2D eigenvalue weighted by molar-refractivity contribution is -0.151. The molecular formula is C21H22O4S. The predicted octanol–water partition coefficient (Wildman–Crippen LogP) is 4.47. The predicted molar refractivity (Wildman–Crippen MR) is 102 cm³/mol. The number of thiophene rings is 1. The zero-order valence-electron chi connectivity index (χ0n) is 14.9. The quantitative estimate of drug-likeness (QED) is 0.556. The Labute approximate surface area is 157 Å². The van der Waals surface area contributed by atoms with Crippen LogP contribution >= 0.6 is 11.3 Å². The lowest BCUT2D eigenvalue weighted by Crippen LogP contribution is -2.33. The van der Waals surface area contributed by atoms with E-state index in [2.05, 4.69) is 0 Å². The van der Waals surface area contributed by atoms with Crippen molar-refractivity contribution in [3.8, 4) is 5.75 Å². The highest BCUT2D eigenvalue weighted by molar-refractivity contribution is 7.08. The number of ether oxygens (including phenoxy) is 2. The fourth-order valence-electron chi connectivity index (χ4n) is 3.32. The molecule has 2 unspecified atom stereocenters. The van der Waals surface area contributed by atoms with Crippen LogP contribution in [0.2, 0.25) is 0 Å². The normalized spacial score (nSPS) is 19.8. The van der Waals surface area contributed by atoms with Crippen molar-refractivity contribution >= 4 is 28.7 Å². The number of esters is 1. The van der Waals surface area contributed by atoms with Crippen LogP contribution in [0.4, 0.5) is 0 Å². The van der Waals surface area contributed by atoms with Crippen LogP contribution in [0.3, 0.4) is 0 Å². The summed E-state index contributed by atoms with van der Waals surface area (Å²) in [5, 5.41) is 3.97. The third-order valence-corrected chi connectivity index (χ3v) is 5.21. The Bertz CT molecular complexity index is 790. The molecule has 1 aromatic carbocycles. The van der Waals surface area contributed by atoms with Crippen molar-refractivity contribution in [2.24, 2.45) is 5.92 Å². The molecule has 1 aliphatic rings. The van der Waals surface area contributed by atoms with Crippen LogP contribution < -0.4 is 4.74 Å². The van der Waals surface area contributed by atoms with Crippen molar-refractivity contribution in [1.82, 2.24) is 0 Å². The van der Waals surface area contributed by atoms with Crippen LogP contribution in [0.1, 0.15) is 37.3 Å². The van der Waals surface area contributed by atoms with E-state index in [9.17, 15) is 9.59 Å². The first-order chi connectivity index (χ1) is 12.6. The van der Waals surface area contributed by atoms with Gasteiger partial charge in [-0.15, -0.1) is 0 Å². The van der Waals surface area contributed by atoms with Crippen LogP contribution in [0, 0.1) is 5.92 Å². The van der Waals surface area contributed by atoms with Crippen molar-refractivity contribution in [2.75, 3.05) is 13.2 Å². The van der Waals surface area contributed by atoms with Gasteiger partial charge in [-0.05, 0) is 72.0 Å². The monoisotopic (exact) mass is 370 g/mol. The molecule has 1 heterocycles. The number of hydrogen-bond acceptors (Lipinski definition) is 5. The molecule has 136 valence electrons. The third-order valence-electron chi connectivity index (χ3n) is 4.51. The number of hydrogen-bond donors (Lipinski definition) is 0. The van der Waals surface area contributed by atoms with Gasteiger partial charge in [0.15, 0.2) is 5.78 Å². The minimum atomic E-state index is -0.768. The first kappa shape index (κ1) is 18.4. The molecule has 1 aliphatic carbocycles. The highest BCUT2D eigenvalue weighted by Gasteiger charge is 2.39. The summed E-state index contributed by atoms with van der Waals surface area (Å²) < 4.78 is 10.6. The minimum Gasteiger partial charge on any atom is -0.494 e. The van der Waals surface area contributed by atoms with Crippen molar-refractivity contribution in [1.29, 1.82) is 0 Å². The molecule has 0 aliphatic heterocycles. The van der Waals surface area contributed by atoms with Gasteiger partial charge in [0.1, 0.15) is 11.7 Å². The molecule has 0 amide bonds. The van der Waals surface area contributed by atoms with Crippen molar-refractivity contribution in [3.63, 3.8) is 0 Å². The Morgan fingerprint density at radius 2 is 1.92 bits per heavy atom. The maximum absolute atomic E-state index is 12.8. The van der Waals surface area contributed by atoms with E-state index in [0.29, 0.717) is 13.0 Å². The van der Waals surface area contributed by atoms with E-state index in [1.54, 1.807) is 24.3 Å². The van der Waals surface area contributed by atoms with Gasteiger partial charge in [0.2, 0.25) is 0 Å².